The number of rotatable bonds is 10. The Morgan fingerprint density at radius 2 is 0.702 bits per heavy atom. The number of nitrogens with zero attached hydrogens (tertiary/aromatic N) is 17. The number of aryl methyl sites for hydroxylation is 1. The molecule has 131 heavy (non-hydrogen) atoms. The Morgan fingerprint density at radius 1 is 0.389 bits per heavy atom. The van der Waals surface area contributed by atoms with E-state index in [1.807, 2.05) is 161 Å². The second-order valence-corrected chi connectivity index (χ2v) is 37.8. The minimum absolute atomic E-state index is 0. The highest BCUT2D eigenvalue weighted by atomic mass is 16.7. The zero-order chi connectivity index (χ0) is 96.5. The maximum Gasteiger partial charge on any atom is 0.414 e. The Hall–Kier alpha value is -11.8. The predicted molar refractivity (Wildman–Crippen MR) is 511 cm³/mol. The fourth-order valence-electron chi connectivity index (χ4n) is 17.4. The van der Waals surface area contributed by atoms with Crippen LogP contribution in [0, 0.1) is 0 Å². The van der Waals surface area contributed by atoms with Gasteiger partial charge in [0.2, 0.25) is 6.20 Å². The molecule has 0 saturated carbocycles. The summed E-state index contributed by atoms with van der Waals surface area (Å²) in [6, 6.07) is 42.5. The maximum absolute atomic E-state index is 11.7. The number of ether oxygens (including phenoxy) is 8. The average molecular weight is 1820 g/mol. The highest BCUT2D eigenvalue weighted by Gasteiger charge is 2.55. The first-order valence-electron chi connectivity index (χ1n) is 43.5. The van der Waals surface area contributed by atoms with E-state index in [0.717, 1.165) is 74.6 Å². The summed E-state index contributed by atoms with van der Waals surface area (Å²) in [4.78, 5) is 113. The molecule has 9 unspecified atom stereocenters. The van der Waals surface area contributed by atoms with E-state index in [4.69, 9.17) is 42.7 Å². The molecule has 15 rings (SSSR count). The Labute approximate surface area is 775 Å². The van der Waals surface area contributed by atoms with Crippen molar-refractivity contribution in [2.75, 3.05) is 229 Å². The largest absolute Gasteiger partial charge is 0.414 e. The summed E-state index contributed by atoms with van der Waals surface area (Å²) >= 11 is 0. The number of hydroxylamine groups is 2. The maximum atomic E-state index is 11.7. The fourth-order valence-corrected chi connectivity index (χ4v) is 17.4. The molecule has 4 fully saturated rings. The minimum atomic E-state index is -0.369. The lowest BCUT2D eigenvalue weighted by Gasteiger charge is -2.42. The summed E-state index contributed by atoms with van der Waals surface area (Å²) in [5.74, 6) is 4.11. The van der Waals surface area contributed by atoms with Crippen LogP contribution in [-0.4, -0.2) is 336 Å². The van der Waals surface area contributed by atoms with Gasteiger partial charge in [0, 0.05) is 216 Å². The molecule has 7 amide bonds. The lowest BCUT2D eigenvalue weighted by molar-refractivity contribution is -0.671. The first kappa shape index (κ1) is 105. The van der Waals surface area contributed by atoms with E-state index in [9.17, 15) is 33.6 Å². The monoisotopic (exact) mass is 1820 g/mol. The van der Waals surface area contributed by atoms with E-state index in [2.05, 4.69) is 130 Å². The van der Waals surface area contributed by atoms with Crippen molar-refractivity contribution in [2.24, 2.45) is 7.05 Å². The number of carbonyl (C=O) groups is 7. The van der Waals surface area contributed by atoms with Crippen LogP contribution >= 0.6 is 0 Å². The van der Waals surface area contributed by atoms with Crippen LogP contribution in [0.5, 0.6) is 40.2 Å². The average Bonchev–Trinajstić information content (AvgIpc) is 1.57. The summed E-state index contributed by atoms with van der Waals surface area (Å²) in [6.45, 7) is 15.0. The van der Waals surface area contributed by atoms with Crippen LogP contribution in [0.15, 0.2) is 146 Å². The molecule has 8 aliphatic rings. The SMILES string of the molecule is CC(c1cccc(OC(=O)N(C)C)c1)N(C)C.CN(C)C(=O)Oc1ccc2c(c1)C1(C)CCN(C)C1N2C.CN(C)C(=O)Oc1ccc2c(c1)C1(C)CCN(C)C1N2C.CN(C)C(=O)Oc1ccc2c(c1)C1(C)CCOC1N2C.CN(C)C(=O)Oc1ccc[n+](C)c1.CN(C)C(=O)Oc1cccc([N+](C)(C)C)c1.CN1CCC2(C)c3cc(OC(=O)N(C)C)ccc3N(C)C2O1.O. The Bertz CT molecular complexity index is 5060. The van der Waals surface area contributed by atoms with Crippen LogP contribution < -0.4 is 61.8 Å². The van der Waals surface area contributed by atoms with Gasteiger partial charge in [0.15, 0.2) is 18.2 Å². The first-order valence-corrected chi connectivity index (χ1v) is 43.5. The lowest BCUT2D eigenvalue weighted by Crippen LogP contribution is -2.52. The molecule has 0 spiro atoms. The van der Waals surface area contributed by atoms with Gasteiger partial charge >= 0.3 is 42.7 Å². The van der Waals surface area contributed by atoms with Gasteiger partial charge in [0.1, 0.15) is 53.5 Å². The van der Waals surface area contributed by atoms with Gasteiger partial charge in [-0.3, -0.25) is 19.1 Å². The number of anilines is 4. The van der Waals surface area contributed by atoms with Crippen molar-refractivity contribution in [3.8, 4) is 40.2 Å². The first-order chi connectivity index (χ1) is 60.8. The number of carbonyl (C=O) groups excluding carboxylic acids is 7. The Balaban J connectivity index is 0.000000189. The zero-order valence-corrected chi connectivity index (χ0v) is 83.0. The number of amides is 7. The highest BCUT2D eigenvalue weighted by Crippen LogP contribution is 2.55. The molecule has 4 saturated heterocycles. The molecule has 9 atom stereocenters. The number of aromatic nitrogens is 1. The van der Waals surface area contributed by atoms with Crippen LogP contribution in [0.1, 0.15) is 94.2 Å². The van der Waals surface area contributed by atoms with Crippen molar-refractivity contribution < 1.29 is 86.3 Å². The molecule has 2 N–H and O–H groups in total. The quantitative estimate of drug-likeness (QED) is 0.0908. The minimum Gasteiger partial charge on any atom is -0.412 e. The summed E-state index contributed by atoms with van der Waals surface area (Å²) < 4.78 is 45.4. The highest BCUT2D eigenvalue weighted by molar-refractivity contribution is 5.77. The van der Waals surface area contributed by atoms with E-state index < -0.39 is 0 Å². The number of likely N-dealkylation sites (tertiary alicyclic amines) is 2. The molecule has 0 radical (unpaired) electrons. The molecule has 9 heterocycles. The summed E-state index contributed by atoms with van der Waals surface area (Å²) in [7, 11) is 50.1. The van der Waals surface area contributed by atoms with Gasteiger partial charge in [0.25, 0.3) is 0 Å². The number of fused-ring (bicyclic) bond motifs is 12. The topological polar surface area (TPSA) is 287 Å². The van der Waals surface area contributed by atoms with Crippen LogP contribution in [0.25, 0.3) is 0 Å². The number of hydrogen-bond donors (Lipinski definition) is 0. The van der Waals surface area contributed by atoms with Gasteiger partial charge in [-0.2, -0.15) is 5.06 Å². The van der Waals surface area contributed by atoms with Gasteiger partial charge in [-0.05, 0) is 192 Å². The number of benzene rings is 6. The van der Waals surface area contributed by atoms with E-state index in [1.54, 1.807) is 123 Å². The molecular formula is C97H143N17O17+2. The third-order valence-corrected chi connectivity index (χ3v) is 25.1. The summed E-state index contributed by atoms with van der Waals surface area (Å²) in [5, 5.41) is 1.89. The number of hydrogen-bond acceptors (Lipinski definition) is 24. The van der Waals surface area contributed by atoms with Gasteiger partial charge in [-0.15, -0.1) is 0 Å². The fraction of sp³-hybridized carbons (Fsp3) is 0.505. The van der Waals surface area contributed by atoms with Crippen molar-refractivity contribution in [3.63, 3.8) is 0 Å². The normalized spacial score (nSPS) is 21.4. The van der Waals surface area contributed by atoms with Crippen LogP contribution in [0.2, 0.25) is 0 Å². The van der Waals surface area contributed by atoms with Crippen molar-refractivity contribution in [1.29, 1.82) is 0 Å². The van der Waals surface area contributed by atoms with Gasteiger partial charge in [-0.1, -0.05) is 45.9 Å². The number of pyridine rings is 1. The van der Waals surface area contributed by atoms with Crippen molar-refractivity contribution in [2.45, 2.75) is 113 Å². The second-order valence-electron chi connectivity index (χ2n) is 37.8. The molecule has 0 bridgehead atoms. The number of quaternary nitrogens is 1. The molecule has 0 aliphatic carbocycles. The van der Waals surface area contributed by atoms with Gasteiger partial charge in [0.05, 0.1) is 40.1 Å². The lowest BCUT2D eigenvalue weighted by atomic mass is 9.79. The van der Waals surface area contributed by atoms with Gasteiger partial charge in [-0.25, -0.2) is 38.1 Å². The second kappa shape index (κ2) is 43.1. The van der Waals surface area contributed by atoms with Crippen LogP contribution in [-0.2, 0) is 38.3 Å². The zero-order valence-electron chi connectivity index (χ0n) is 83.0. The van der Waals surface area contributed by atoms with Crippen LogP contribution in [0.3, 0.4) is 0 Å². The van der Waals surface area contributed by atoms with Gasteiger partial charge < -0.3 is 102 Å². The summed E-state index contributed by atoms with van der Waals surface area (Å²) in [6.07, 6.45) is 6.15. The van der Waals surface area contributed by atoms with Crippen molar-refractivity contribution >= 4 is 71.1 Å². The van der Waals surface area contributed by atoms with Crippen molar-refractivity contribution in [1.82, 2.24) is 58.5 Å². The summed E-state index contributed by atoms with van der Waals surface area (Å²) in [5.41, 5.74) is 12.0. The predicted octanol–water partition coefficient (Wildman–Crippen LogP) is 12.5. The molecule has 34 nitrogen and oxygen atoms in total. The van der Waals surface area contributed by atoms with Crippen molar-refractivity contribution in [3.05, 3.63) is 174 Å². The van der Waals surface area contributed by atoms with E-state index >= 15 is 0 Å². The molecule has 1 aromatic heterocycles. The molecule has 8 aliphatic heterocycles. The molecule has 6 aromatic carbocycles. The molecule has 34 heteroatoms. The van der Waals surface area contributed by atoms with E-state index in [0.29, 0.717) is 57.1 Å². The number of likely N-dealkylation sites (N-methyl/N-ethyl adjacent to an activating group) is 6. The third-order valence-electron chi connectivity index (χ3n) is 25.1. The molecule has 7 aromatic rings. The standard InChI is InChI=1S/C16H23N3O3.2C16H23N3O2.C15H20N2O3.C13H20N2O2.C12H19N2O2.C9H13N2O2.H2O/c1-16-8-9-18(4)22-14(16)19(5)13-7-6-11(10-12(13)16)21-15(20)17(2)3;2*1-16-8-9-18(4)14(16)19(5)13-7-6-11(10-12(13)16)21-15(20)17(2)3;1-15-7-8-19-13(15)17(4)12-6-5-10(9-11(12)15)20-14(18)16(2)3;1-10(14(2)3)11-7-6-8-12(9-11)17-13(16)15(4)5;1-13(2)12(15)16-11-8-6-7-10(9-11)14(3,4)5;1-10(2)9(12)13-8-5-4-6-11(3)7-8;/h6-7,10,14H,8-9H2,1-5H3;2*6-7,10,14H,8-9H2,1-5H3;5-6,9,13H,7-8H2,1-4H3;6-10H,1-5H3;6-9H,1-5H3;4-7H,1-3H3;1H2/q;;;;;2*+1;. The Morgan fingerprint density at radius 3 is 1.06 bits per heavy atom. The van der Waals surface area contributed by atoms with Crippen LogP contribution in [0.4, 0.5) is 62.0 Å². The molecule has 716 valence electrons. The third kappa shape index (κ3) is 24.1. The van der Waals surface area contributed by atoms with E-state index in [-0.39, 0.29) is 88.3 Å². The Kier molecular flexibility index (Phi) is 34.4. The van der Waals surface area contributed by atoms with E-state index in [1.165, 1.54) is 67.9 Å². The smallest absolute Gasteiger partial charge is 0.412 e. The molecular weight excluding hydrogens is 1680 g/mol.